The monoisotopic (exact) mass is 208 g/mol. The summed E-state index contributed by atoms with van der Waals surface area (Å²) >= 11 is 0. The van der Waals surface area contributed by atoms with Gasteiger partial charge in [-0.2, -0.15) is 0 Å². The van der Waals surface area contributed by atoms with Crippen LogP contribution in [0, 0.1) is 0 Å². The number of anilines is 1. The van der Waals surface area contributed by atoms with Crippen molar-refractivity contribution in [3.63, 3.8) is 0 Å². The Kier molecular flexibility index (Phi) is 3.02. The Hall–Kier alpha value is -2.37. The molecule has 0 radical (unpaired) electrons. The van der Waals surface area contributed by atoms with E-state index in [9.17, 15) is 9.59 Å². The van der Waals surface area contributed by atoms with E-state index >= 15 is 0 Å². The van der Waals surface area contributed by atoms with E-state index in [1.165, 1.54) is 18.3 Å². The lowest BCUT2D eigenvalue weighted by Crippen LogP contribution is -2.08. The molecule has 0 aliphatic rings. The Bertz CT molecular complexity index is 396. The molecule has 0 saturated heterocycles. The van der Waals surface area contributed by atoms with Crippen LogP contribution in [0.25, 0.3) is 0 Å². The van der Waals surface area contributed by atoms with Gasteiger partial charge in [0.1, 0.15) is 0 Å². The number of carboxylic acid groups (broad SMARTS) is 2. The van der Waals surface area contributed by atoms with Crippen molar-refractivity contribution in [2.45, 2.75) is 0 Å². The molecule has 0 saturated carbocycles. The van der Waals surface area contributed by atoms with E-state index < -0.39 is 11.9 Å². The normalized spacial score (nSPS) is 9.33. The third-order valence-corrected chi connectivity index (χ3v) is 1.53. The van der Waals surface area contributed by atoms with Gasteiger partial charge in [0, 0.05) is 5.69 Å². The maximum absolute atomic E-state index is 10.6. The summed E-state index contributed by atoms with van der Waals surface area (Å²) in [6.07, 6.45) is 1.31. The molecule has 0 fully saturated rings. The van der Waals surface area contributed by atoms with Gasteiger partial charge in [-0.3, -0.25) is 0 Å². The van der Waals surface area contributed by atoms with E-state index in [1.54, 1.807) is 0 Å². The summed E-state index contributed by atoms with van der Waals surface area (Å²) in [7, 11) is 0. The Morgan fingerprint density at radius 1 is 1.27 bits per heavy atom. The van der Waals surface area contributed by atoms with Crippen molar-refractivity contribution in [3.05, 3.63) is 36.3 Å². The fourth-order valence-corrected chi connectivity index (χ4v) is 0.951. The maximum atomic E-state index is 10.6. The van der Waals surface area contributed by atoms with Crippen LogP contribution in [0.5, 0.6) is 0 Å². The topological polar surface area (TPSA) is 99.5 Å². The highest BCUT2D eigenvalue weighted by atomic mass is 16.4. The Labute approximate surface area is 84.9 Å². The first-order chi connectivity index (χ1) is 7.04. The molecular formula is C9H8N2O4. The van der Waals surface area contributed by atoms with Crippen LogP contribution in [0.4, 0.5) is 5.69 Å². The fourth-order valence-electron chi connectivity index (χ4n) is 0.951. The summed E-state index contributed by atoms with van der Waals surface area (Å²) in [5, 5.41) is 19.9. The zero-order valence-corrected chi connectivity index (χ0v) is 7.60. The largest absolute Gasteiger partial charge is 0.477 e. The van der Waals surface area contributed by atoms with Crippen molar-refractivity contribution in [2.24, 2.45) is 0 Å². The molecule has 1 aromatic rings. The number of rotatable bonds is 4. The highest BCUT2D eigenvalue weighted by Crippen LogP contribution is 2.11. The predicted molar refractivity (Wildman–Crippen MR) is 52.0 cm³/mol. The van der Waals surface area contributed by atoms with Gasteiger partial charge in [-0.25, -0.2) is 14.6 Å². The molecule has 0 spiro atoms. The SMILES string of the molecule is C=CNc1cc(C(=O)O)nc(C(=O)O)c1. The van der Waals surface area contributed by atoms with Crippen molar-refractivity contribution < 1.29 is 19.8 Å². The number of hydrogen-bond acceptors (Lipinski definition) is 4. The standard InChI is InChI=1S/C9H8N2O4/c1-2-10-5-3-6(8(12)13)11-7(4-5)9(14)15/h2-4H,1H2,(H,10,11)(H,12,13)(H,14,15). The van der Waals surface area contributed by atoms with Crippen LogP contribution in [0.2, 0.25) is 0 Å². The van der Waals surface area contributed by atoms with Gasteiger partial charge in [-0.1, -0.05) is 6.58 Å². The Morgan fingerprint density at radius 3 is 2.07 bits per heavy atom. The average molecular weight is 208 g/mol. The third-order valence-electron chi connectivity index (χ3n) is 1.53. The molecule has 1 aromatic heterocycles. The minimum Gasteiger partial charge on any atom is -0.477 e. The molecule has 0 atom stereocenters. The molecule has 3 N–H and O–H groups in total. The van der Waals surface area contributed by atoms with Crippen molar-refractivity contribution in [3.8, 4) is 0 Å². The van der Waals surface area contributed by atoms with Gasteiger partial charge < -0.3 is 15.5 Å². The number of nitrogens with one attached hydrogen (secondary N) is 1. The number of aromatic carboxylic acids is 2. The van der Waals surface area contributed by atoms with Crippen LogP contribution >= 0.6 is 0 Å². The van der Waals surface area contributed by atoms with Gasteiger partial charge in [0.05, 0.1) is 0 Å². The van der Waals surface area contributed by atoms with Crippen molar-refractivity contribution >= 4 is 17.6 Å². The number of nitrogens with zero attached hydrogens (tertiary/aromatic N) is 1. The second-order valence-electron chi connectivity index (χ2n) is 2.59. The first-order valence-corrected chi connectivity index (χ1v) is 3.90. The minimum absolute atomic E-state index is 0.315. The van der Waals surface area contributed by atoms with Crippen LogP contribution in [0.3, 0.4) is 0 Å². The number of carbonyl (C=O) groups is 2. The van der Waals surface area contributed by atoms with E-state index in [0.29, 0.717) is 5.69 Å². The van der Waals surface area contributed by atoms with E-state index in [0.717, 1.165) is 0 Å². The fraction of sp³-hybridized carbons (Fsp3) is 0. The van der Waals surface area contributed by atoms with Gasteiger partial charge in [0.15, 0.2) is 11.4 Å². The molecule has 78 valence electrons. The molecule has 0 amide bonds. The quantitative estimate of drug-likeness (QED) is 0.683. The smallest absolute Gasteiger partial charge is 0.354 e. The Balaban J connectivity index is 3.25. The summed E-state index contributed by atoms with van der Waals surface area (Å²) in [5.74, 6) is -2.57. The zero-order valence-electron chi connectivity index (χ0n) is 7.60. The zero-order chi connectivity index (χ0) is 11.4. The van der Waals surface area contributed by atoms with E-state index in [-0.39, 0.29) is 11.4 Å². The van der Waals surface area contributed by atoms with Gasteiger partial charge >= 0.3 is 11.9 Å². The van der Waals surface area contributed by atoms with Crippen LogP contribution in [0.15, 0.2) is 24.9 Å². The van der Waals surface area contributed by atoms with E-state index in [4.69, 9.17) is 10.2 Å². The molecule has 15 heavy (non-hydrogen) atoms. The average Bonchev–Trinajstić information content (AvgIpc) is 2.17. The van der Waals surface area contributed by atoms with Gasteiger partial charge in [0.2, 0.25) is 0 Å². The molecule has 6 nitrogen and oxygen atoms in total. The molecular weight excluding hydrogens is 200 g/mol. The highest BCUT2D eigenvalue weighted by Gasteiger charge is 2.12. The molecule has 1 heterocycles. The summed E-state index contributed by atoms with van der Waals surface area (Å²) in [6, 6.07) is 2.44. The molecule has 0 aliphatic heterocycles. The number of aromatic nitrogens is 1. The van der Waals surface area contributed by atoms with Gasteiger partial charge in [-0.05, 0) is 18.3 Å². The van der Waals surface area contributed by atoms with Crippen LogP contribution in [-0.4, -0.2) is 27.1 Å². The number of hydrogen-bond donors (Lipinski definition) is 3. The summed E-state index contributed by atoms with van der Waals surface area (Å²) < 4.78 is 0. The van der Waals surface area contributed by atoms with E-state index in [1.807, 2.05) is 0 Å². The number of pyridine rings is 1. The van der Waals surface area contributed by atoms with Gasteiger partial charge in [-0.15, -0.1) is 0 Å². The first kappa shape index (κ1) is 10.7. The lowest BCUT2D eigenvalue weighted by Gasteiger charge is -2.03. The minimum atomic E-state index is -1.29. The first-order valence-electron chi connectivity index (χ1n) is 3.90. The molecule has 0 aliphatic carbocycles. The van der Waals surface area contributed by atoms with Crippen LogP contribution in [-0.2, 0) is 0 Å². The molecule has 0 unspecified atom stereocenters. The molecule has 6 heteroatoms. The summed E-state index contributed by atoms with van der Waals surface area (Å²) in [5.41, 5.74) is -0.353. The van der Waals surface area contributed by atoms with E-state index in [2.05, 4.69) is 16.9 Å². The van der Waals surface area contributed by atoms with Crippen LogP contribution < -0.4 is 5.32 Å². The second kappa shape index (κ2) is 4.23. The summed E-state index contributed by atoms with van der Waals surface area (Å²) in [4.78, 5) is 24.7. The Morgan fingerprint density at radius 2 is 1.73 bits per heavy atom. The van der Waals surface area contributed by atoms with Crippen LogP contribution in [0.1, 0.15) is 21.0 Å². The predicted octanol–water partition coefficient (Wildman–Crippen LogP) is 1.03. The number of carboxylic acids is 2. The third kappa shape index (κ3) is 2.53. The molecule has 1 rings (SSSR count). The van der Waals surface area contributed by atoms with Crippen molar-refractivity contribution in [2.75, 3.05) is 5.32 Å². The highest BCUT2D eigenvalue weighted by molar-refractivity contribution is 5.91. The maximum Gasteiger partial charge on any atom is 0.354 e. The summed E-state index contributed by atoms with van der Waals surface area (Å²) in [6.45, 7) is 3.38. The van der Waals surface area contributed by atoms with Crippen molar-refractivity contribution in [1.29, 1.82) is 0 Å². The molecule has 0 aromatic carbocycles. The van der Waals surface area contributed by atoms with Crippen molar-refractivity contribution in [1.82, 2.24) is 4.98 Å². The lowest BCUT2D eigenvalue weighted by molar-refractivity contribution is 0.0685. The van der Waals surface area contributed by atoms with Gasteiger partial charge in [0.25, 0.3) is 0 Å². The second-order valence-corrected chi connectivity index (χ2v) is 2.59. The lowest BCUT2D eigenvalue weighted by atomic mass is 10.2. The molecule has 0 bridgehead atoms.